The number of likely N-dealkylation sites (tertiary alicyclic amines) is 1. The first-order chi connectivity index (χ1) is 10.2. The average Bonchev–Trinajstić information content (AvgIpc) is 2.95. The number of thiophene rings is 1. The zero-order chi connectivity index (χ0) is 14.8. The summed E-state index contributed by atoms with van der Waals surface area (Å²) in [5, 5.41) is 2.11. The van der Waals surface area contributed by atoms with Crippen LogP contribution in [0.4, 0.5) is 0 Å². The van der Waals surface area contributed by atoms with E-state index in [4.69, 9.17) is 0 Å². The number of piperidine rings is 1. The number of fused-ring (bicyclic) bond motifs is 1. The van der Waals surface area contributed by atoms with Crippen LogP contribution in [-0.4, -0.2) is 29.2 Å². The third-order valence-corrected chi connectivity index (χ3v) is 5.78. The molecule has 3 nitrogen and oxygen atoms in total. The first-order valence-corrected chi connectivity index (χ1v) is 8.91. The molecule has 2 unspecified atom stereocenters. The van der Waals surface area contributed by atoms with Crippen molar-refractivity contribution in [2.45, 2.75) is 63.8 Å². The molecule has 2 atom stereocenters. The molecule has 2 heterocycles. The molecule has 0 spiro atoms. The smallest absolute Gasteiger partial charge is 0.230 e. The second-order valence-electron chi connectivity index (χ2n) is 6.33. The number of hydrogen-bond donors (Lipinski definition) is 0. The van der Waals surface area contributed by atoms with E-state index >= 15 is 0 Å². The number of nitrogens with zero attached hydrogens (tertiary/aromatic N) is 1. The van der Waals surface area contributed by atoms with Gasteiger partial charge in [0, 0.05) is 23.9 Å². The Kier molecular flexibility index (Phi) is 4.43. The highest BCUT2D eigenvalue weighted by Gasteiger charge is 2.35. The van der Waals surface area contributed by atoms with Crippen LogP contribution < -0.4 is 0 Å². The van der Waals surface area contributed by atoms with Crippen molar-refractivity contribution >= 4 is 23.0 Å². The number of amides is 1. The molecule has 4 heteroatoms. The SMILES string of the molecule is CC(=O)CC1CCCCN1C(=O)C1CCCc2sccc21. The molecule has 2 aliphatic rings. The summed E-state index contributed by atoms with van der Waals surface area (Å²) in [5.74, 6) is 0.493. The van der Waals surface area contributed by atoms with Crippen molar-refractivity contribution in [3.63, 3.8) is 0 Å². The minimum atomic E-state index is 0.0348. The zero-order valence-electron chi connectivity index (χ0n) is 12.6. The fraction of sp³-hybridized carbons (Fsp3) is 0.647. The van der Waals surface area contributed by atoms with Gasteiger partial charge in [0.25, 0.3) is 0 Å². The maximum absolute atomic E-state index is 13.0. The van der Waals surface area contributed by atoms with Gasteiger partial charge in [0.15, 0.2) is 0 Å². The second-order valence-corrected chi connectivity index (χ2v) is 7.33. The molecule has 0 bridgehead atoms. The Hall–Kier alpha value is -1.16. The van der Waals surface area contributed by atoms with Gasteiger partial charge in [0.05, 0.1) is 5.92 Å². The highest BCUT2D eigenvalue weighted by Crippen LogP contribution is 2.37. The van der Waals surface area contributed by atoms with Crippen LogP contribution in [0, 0.1) is 0 Å². The summed E-state index contributed by atoms with van der Waals surface area (Å²) in [5.41, 5.74) is 1.25. The van der Waals surface area contributed by atoms with Crippen molar-refractivity contribution in [2.24, 2.45) is 0 Å². The number of carbonyl (C=O) groups excluding carboxylic acids is 2. The van der Waals surface area contributed by atoms with E-state index in [1.807, 2.05) is 4.90 Å². The largest absolute Gasteiger partial charge is 0.339 e. The van der Waals surface area contributed by atoms with Crippen molar-refractivity contribution in [3.8, 4) is 0 Å². The molecular weight excluding hydrogens is 282 g/mol. The Morgan fingerprint density at radius 2 is 2.14 bits per heavy atom. The summed E-state index contributed by atoms with van der Waals surface area (Å²) < 4.78 is 0. The fourth-order valence-electron chi connectivity index (χ4n) is 3.78. The quantitative estimate of drug-likeness (QED) is 0.856. The van der Waals surface area contributed by atoms with Crippen LogP contribution in [0.15, 0.2) is 11.4 Å². The van der Waals surface area contributed by atoms with E-state index in [0.29, 0.717) is 6.42 Å². The molecule has 1 saturated heterocycles. The van der Waals surface area contributed by atoms with Gasteiger partial charge in [-0.2, -0.15) is 0 Å². The topological polar surface area (TPSA) is 37.4 Å². The number of Topliss-reactive ketones (excluding diaryl/α,β-unsaturated/α-hetero) is 1. The van der Waals surface area contributed by atoms with Gasteiger partial charge in [-0.3, -0.25) is 9.59 Å². The lowest BCUT2D eigenvalue weighted by Crippen LogP contribution is -2.47. The number of ketones is 1. The first-order valence-electron chi connectivity index (χ1n) is 8.03. The van der Waals surface area contributed by atoms with E-state index in [2.05, 4.69) is 11.4 Å². The summed E-state index contributed by atoms with van der Waals surface area (Å²) in [7, 11) is 0. The zero-order valence-corrected chi connectivity index (χ0v) is 13.5. The van der Waals surface area contributed by atoms with E-state index in [9.17, 15) is 9.59 Å². The first kappa shape index (κ1) is 14.8. The second kappa shape index (κ2) is 6.30. The van der Waals surface area contributed by atoms with Gasteiger partial charge in [-0.15, -0.1) is 11.3 Å². The van der Waals surface area contributed by atoms with E-state index in [-0.39, 0.29) is 23.7 Å². The van der Waals surface area contributed by atoms with Gasteiger partial charge in [-0.05, 0) is 62.5 Å². The van der Waals surface area contributed by atoms with Crippen LogP contribution in [0.5, 0.6) is 0 Å². The predicted octanol–water partition coefficient (Wildman–Crippen LogP) is 3.53. The van der Waals surface area contributed by atoms with Gasteiger partial charge in [0.1, 0.15) is 5.78 Å². The van der Waals surface area contributed by atoms with Gasteiger partial charge in [0.2, 0.25) is 5.91 Å². The van der Waals surface area contributed by atoms with E-state index in [0.717, 1.165) is 45.1 Å². The molecule has 1 fully saturated rings. The number of hydrogen-bond acceptors (Lipinski definition) is 3. The van der Waals surface area contributed by atoms with E-state index in [1.165, 1.54) is 10.4 Å². The van der Waals surface area contributed by atoms with Gasteiger partial charge in [-0.1, -0.05) is 0 Å². The molecule has 21 heavy (non-hydrogen) atoms. The molecule has 0 aromatic carbocycles. The Balaban J connectivity index is 1.79. The van der Waals surface area contributed by atoms with Crippen LogP contribution in [0.2, 0.25) is 0 Å². The van der Waals surface area contributed by atoms with Gasteiger partial charge < -0.3 is 4.90 Å². The summed E-state index contributed by atoms with van der Waals surface area (Å²) in [6.07, 6.45) is 6.90. The molecule has 1 aliphatic carbocycles. The molecule has 1 aliphatic heterocycles. The third kappa shape index (κ3) is 3.05. The standard InChI is InChI=1S/C17H23NO2S/c1-12(19)11-13-5-2-3-9-18(13)17(20)15-6-4-7-16-14(15)8-10-21-16/h8,10,13,15H,2-7,9,11H2,1H3. The van der Waals surface area contributed by atoms with Crippen molar-refractivity contribution < 1.29 is 9.59 Å². The molecule has 3 rings (SSSR count). The van der Waals surface area contributed by atoms with Crippen molar-refractivity contribution in [2.75, 3.05) is 6.54 Å². The molecule has 0 saturated carbocycles. The van der Waals surface area contributed by atoms with Crippen molar-refractivity contribution in [3.05, 3.63) is 21.9 Å². The van der Waals surface area contributed by atoms with Crippen LogP contribution in [0.25, 0.3) is 0 Å². The van der Waals surface area contributed by atoms with Crippen molar-refractivity contribution in [1.29, 1.82) is 0 Å². The Labute approximate surface area is 130 Å². The predicted molar refractivity (Wildman–Crippen MR) is 84.6 cm³/mol. The number of carbonyl (C=O) groups is 2. The van der Waals surface area contributed by atoms with Crippen LogP contribution in [-0.2, 0) is 16.0 Å². The van der Waals surface area contributed by atoms with Crippen LogP contribution in [0.3, 0.4) is 0 Å². The third-order valence-electron chi connectivity index (χ3n) is 4.78. The average molecular weight is 305 g/mol. The van der Waals surface area contributed by atoms with E-state index in [1.54, 1.807) is 18.3 Å². The number of rotatable bonds is 3. The monoisotopic (exact) mass is 305 g/mol. The normalized spacial score (nSPS) is 25.5. The van der Waals surface area contributed by atoms with Gasteiger partial charge in [-0.25, -0.2) is 0 Å². The Morgan fingerprint density at radius 3 is 2.95 bits per heavy atom. The Bertz CT molecular complexity index is 537. The fourth-order valence-corrected chi connectivity index (χ4v) is 4.77. The maximum atomic E-state index is 13.0. The summed E-state index contributed by atoms with van der Waals surface area (Å²) in [4.78, 5) is 27.9. The van der Waals surface area contributed by atoms with Crippen LogP contribution in [0.1, 0.15) is 61.8 Å². The lowest BCUT2D eigenvalue weighted by atomic mass is 9.85. The molecule has 1 amide bonds. The minimum Gasteiger partial charge on any atom is -0.339 e. The highest BCUT2D eigenvalue weighted by atomic mass is 32.1. The summed E-state index contributed by atoms with van der Waals surface area (Å²) >= 11 is 1.78. The van der Waals surface area contributed by atoms with E-state index < -0.39 is 0 Å². The lowest BCUT2D eigenvalue weighted by molar-refractivity contribution is -0.137. The maximum Gasteiger partial charge on any atom is 0.230 e. The highest BCUT2D eigenvalue weighted by molar-refractivity contribution is 7.10. The lowest BCUT2D eigenvalue weighted by Gasteiger charge is -2.38. The molecule has 0 N–H and O–H groups in total. The summed E-state index contributed by atoms with van der Waals surface area (Å²) in [6.45, 7) is 2.46. The molecule has 114 valence electrons. The Morgan fingerprint density at radius 1 is 1.29 bits per heavy atom. The number of aryl methyl sites for hydroxylation is 1. The molecular formula is C17H23NO2S. The molecule has 1 aromatic rings. The van der Waals surface area contributed by atoms with Gasteiger partial charge >= 0.3 is 0 Å². The summed E-state index contributed by atoms with van der Waals surface area (Å²) in [6, 6.07) is 2.26. The minimum absolute atomic E-state index is 0.0348. The molecule has 1 aromatic heterocycles. The van der Waals surface area contributed by atoms with Crippen molar-refractivity contribution in [1.82, 2.24) is 4.90 Å². The van der Waals surface area contributed by atoms with Crippen LogP contribution >= 0.6 is 11.3 Å². The molecule has 0 radical (unpaired) electrons.